The Morgan fingerprint density at radius 1 is 0.577 bits per heavy atom. The number of rotatable bonds is 13. The zero-order valence-corrected chi connectivity index (χ0v) is 27.7. The first-order valence-corrected chi connectivity index (χ1v) is 16.3. The van der Waals surface area contributed by atoms with E-state index in [2.05, 4.69) is 30.2 Å². The number of fused-ring (bicyclic) bond motifs is 1. The fraction of sp³-hybridized carbons (Fsp3) is 0.105. The van der Waals surface area contributed by atoms with E-state index in [0.717, 1.165) is 22.8 Å². The van der Waals surface area contributed by atoms with Crippen molar-refractivity contribution in [2.45, 2.75) is 26.2 Å². The number of pyridine rings is 4. The van der Waals surface area contributed by atoms with Gasteiger partial charge in [-0.2, -0.15) is 15.0 Å². The van der Waals surface area contributed by atoms with Gasteiger partial charge in [0.2, 0.25) is 11.9 Å². The van der Waals surface area contributed by atoms with E-state index in [1.807, 2.05) is 82.6 Å². The van der Waals surface area contributed by atoms with Crippen LogP contribution in [0.1, 0.15) is 33.1 Å². The minimum absolute atomic E-state index is 0.0581. The Morgan fingerprint density at radius 3 is 1.44 bits per heavy atom. The van der Waals surface area contributed by atoms with Crippen molar-refractivity contribution in [1.29, 1.82) is 0 Å². The maximum atomic E-state index is 12.2. The van der Waals surface area contributed by atoms with Gasteiger partial charge in [-0.1, -0.05) is 48.5 Å². The molecule has 0 bridgehead atoms. The highest BCUT2D eigenvalue weighted by Gasteiger charge is 2.22. The highest BCUT2D eigenvalue weighted by atomic mass is 16.4. The van der Waals surface area contributed by atoms with E-state index in [4.69, 9.17) is 15.0 Å². The first-order valence-electron chi connectivity index (χ1n) is 16.3. The molecule has 0 saturated heterocycles. The minimum atomic E-state index is -1.30. The third-order valence-corrected chi connectivity index (χ3v) is 7.94. The number of aromatic hydroxyl groups is 1. The molecule has 5 aromatic heterocycles. The molecule has 0 radical (unpaired) electrons. The van der Waals surface area contributed by atoms with Crippen LogP contribution in [-0.2, 0) is 26.2 Å². The van der Waals surface area contributed by atoms with Gasteiger partial charge in [0.05, 0.1) is 49.0 Å². The summed E-state index contributed by atoms with van der Waals surface area (Å²) in [6.07, 6.45) is 6.87. The topological polar surface area (TPSA) is 179 Å². The van der Waals surface area contributed by atoms with E-state index in [9.17, 15) is 15.0 Å². The molecule has 14 heteroatoms. The number of azo groups is 1. The number of phenols is 1. The van der Waals surface area contributed by atoms with Crippen molar-refractivity contribution in [2.75, 3.05) is 9.80 Å². The van der Waals surface area contributed by atoms with Gasteiger partial charge < -0.3 is 20.0 Å². The van der Waals surface area contributed by atoms with Crippen molar-refractivity contribution >= 4 is 40.3 Å². The number of carboxylic acid groups (broad SMARTS) is 1. The van der Waals surface area contributed by atoms with Gasteiger partial charge in [-0.05, 0) is 60.0 Å². The molecule has 0 aliphatic carbocycles. The zero-order valence-electron chi connectivity index (χ0n) is 27.7. The molecular formula is C38H31N11O3. The van der Waals surface area contributed by atoms with Crippen LogP contribution in [0.3, 0.4) is 0 Å². The number of anilines is 2. The number of aromatic nitrogens is 7. The number of carbonyl (C=O) groups is 1. The van der Waals surface area contributed by atoms with Crippen molar-refractivity contribution in [3.05, 3.63) is 156 Å². The van der Waals surface area contributed by atoms with Gasteiger partial charge >= 0.3 is 5.97 Å². The van der Waals surface area contributed by atoms with Crippen molar-refractivity contribution in [3.8, 4) is 5.75 Å². The number of nitrogens with zero attached hydrogens (tertiary/aromatic N) is 11. The Morgan fingerprint density at radius 2 is 1.02 bits per heavy atom. The van der Waals surface area contributed by atoms with Crippen LogP contribution in [0.5, 0.6) is 5.75 Å². The van der Waals surface area contributed by atoms with Crippen LogP contribution in [0.25, 0.3) is 10.8 Å². The highest BCUT2D eigenvalue weighted by Crippen LogP contribution is 2.37. The molecule has 0 fully saturated rings. The Kier molecular flexibility index (Phi) is 9.95. The Balaban J connectivity index is 1.37. The molecule has 256 valence electrons. The molecule has 0 amide bonds. The van der Waals surface area contributed by atoms with Crippen LogP contribution in [0.2, 0.25) is 0 Å². The van der Waals surface area contributed by atoms with Crippen LogP contribution in [0, 0.1) is 0 Å². The van der Waals surface area contributed by atoms with Gasteiger partial charge in [0.15, 0.2) is 5.75 Å². The molecule has 2 aromatic carbocycles. The summed E-state index contributed by atoms with van der Waals surface area (Å²) in [6, 6.07) is 31.0. The molecule has 52 heavy (non-hydrogen) atoms. The van der Waals surface area contributed by atoms with E-state index in [0.29, 0.717) is 37.0 Å². The summed E-state index contributed by atoms with van der Waals surface area (Å²) in [6.45, 7) is 1.30. The van der Waals surface area contributed by atoms with Crippen LogP contribution in [-0.4, -0.2) is 51.1 Å². The number of carboxylic acids is 1. The number of hydrogen-bond acceptors (Lipinski definition) is 13. The SMILES string of the molecule is O=C(O)c1c(O)c(N=Nc2nc(N(Cc3ccccn3)Cc3ccccn3)nc(N(Cc3ccccn3)Cc3ccccn3)n2)cc2ccccc12. The largest absolute Gasteiger partial charge is 0.505 e. The summed E-state index contributed by atoms with van der Waals surface area (Å²) in [7, 11) is 0. The molecule has 0 atom stereocenters. The van der Waals surface area contributed by atoms with Gasteiger partial charge in [0, 0.05) is 30.2 Å². The molecule has 0 aliphatic rings. The second kappa shape index (κ2) is 15.6. The smallest absolute Gasteiger partial charge is 0.340 e. The minimum Gasteiger partial charge on any atom is -0.505 e. The maximum Gasteiger partial charge on any atom is 0.340 e. The van der Waals surface area contributed by atoms with Gasteiger partial charge in [-0.15, -0.1) is 10.2 Å². The number of benzene rings is 2. The average molecular weight is 690 g/mol. The molecule has 5 heterocycles. The first-order chi connectivity index (χ1) is 25.5. The van der Waals surface area contributed by atoms with E-state index in [1.165, 1.54) is 0 Å². The lowest BCUT2D eigenvalue weighted by Gasteiger charge is -2.26. The van der Waals surface area contributed by atoms with E-state index in [-0.39, 0.29) is 29.1 Å². The van der Waals surface area contributed by atoms with E-state index >= 15 is 0 Å². The average Bonchev–Trinajstić information content (AvgIpc) is 3.18. The maximum absolute atomic E-state index is 12.2. The monoisotopic (exact) mass is 689 g/mol. The normalized spacial score (nSPS) is 11.2. The summed E-state index contributed by atoms with van der Waals surface area (Å²) in [5.41, 5.74) is 2.74. The molecule has 2 N–H and O–H groups in total. The van der Waals surface area contributed by atoms with Gasteiger partial charge in [0.25, 0.3) is 5.95 Å². The second-order valence-corrected chi connectivity index (χ2v) is 11.6. The summed E-state index contributed by atoms with van der Waals surface area (Å²) in [5.74, 6) is -1.38. The molecule has 0 aliphatic heterocycles. The summed E-state index contributed by atoms with van der Waals surface area (Å²) < 4.78 is 0. The van der Waals surface area contributed by atoms with E-state index in [1.54, 1.807) is 55.1 Å². The number of hydrogen-bond donors (Lipinski definition) is 2. The van der Waals surface area contributed by atoms with Crippen LogP contribution in [0.4, 0.5) is 23.5 Å². The lowest BCUT2D eigenvalue weighted by molar-refractivity contribution is 0.0696. The Labute approximate surface area is 297 Å². The molecule has 7 rings (SSSR count). The molecule has 0 spiro atoms. The van der Waals surface area contributed by atoms with Gasteiger partial charge in [0.1, 0.15) is 11.3 Å². The van der Waals surface area contributed by atoms with Crippen LogP contribution >= 0.6 is 0 Å². The van der Waals surface area contributed by atoms with Gasteiger partial charge in [-0.25, -0.2) is 4.79 Å². The lowest BCUT2D eigenvalue weighted by atomic mass is 10.0. The summed E-state index contributed by atoms with van der Waals surface area (Å²) in [5, 5.41) is 30.6. The predicted octanol–water partition coefficient (Wildman–Crippen LogP) is 6.84. The molecule has 14 nitrogen and oxygen atoms in total. The second-order valence-electron chi connectivity index (χ2n) is 11.6. The summed E-state index contributed by atoms with van der Waals surface area (Å²) in [4.78, 5) is 48.5. The molecule has 0 unspecified atom stereocenters. The van der Waals surface area contributed by atoms with Crippen LogP contribution < -0.4 is 9.80 Å². The third-order valence-electron chi connectivity index (χ3n) is 7.94. The molecule has 0 saturated carbocycles. The predicted molar refractivity (Wildman–Crippen MR) is 193 cm³/mol. The van der Waals surface area contributed by atoms with Crippen molar-refractivity contribution in [3.63, 3.8) is 0 Å². The van der Waals surface area contributed by atoms with Crippen molar-refractivity contribution in [1.82, 2.24) is 34.9 Å². The quantitative estimate of drug-likeness (QED) is 0.121. The third kappa shape index (κ3) is 7.97. The molecular weight excluding hydrogens is 658 g/mol. The standard InChI is InChI=1S/C38H31N11O3/c50-34-32(21-26-11-1-2-16-31(26)33(34)35(51)52)46-47-36-43-37(48(22-27-12-3-7-17-39-27)23-28-13-4-8-18-40-28)45-38(44-36)49(24-29-14-5-9-19-41-29)25-30-15-6-10-20-42-30/h1-21,50H,22-25H2,(H,51,52). The first kappa shape index (κ1) is 33.3. The van der Waals surface area contributed by atoms with E-state index < -0.39 is 11.7 Å². The Hall–Kier alpha value is -7.22. The fourth-order valence-electron chi connectivity index (χ4n) is 5.53. The van der Waals surface area contributed by atoms with Crippen molar-refractivity contribution in [2.24, 2.45) is 10.2 Å². The number of aromatic carboxylic acids is 1. The highest BCUT2D eigenvalue weighted by molar-refractivity contribution is 6.08. The zero-order chi connectivity index (χ0) is 35.7. The fourth-order valence-corrected chi connectivity index (χ4v) is 5.53. The van der Waals surface area contributed by atoms with Gasteiger partial charge in [-0.3, -0.25) is 19.9 Å². The Bertz CT molecular complexity index is 2130. The summed E-state index contributed by atoms with van der Waals surface area (Å²) >= 11 is 0. The lowest BCUT2D eigenvalue weighted by Crippen LogP contribution is -2.29. The molecule has 7 aromatic rings. The van der Waals surface area contributed by atoms with Crippen LogP contribution in [0.15, 0.2) is 138 Å². The van der Waals surface area contributed by atoms with Crippen molar-refractivity contribution < 1.29 is 15.0 Å².